The first-order valence-electron chi connectivity index (χ1n) is 6.50. The molecule has 0 bridgehead atoms. The fraction of sp³-hybridized carbons (Fsp3) is 1.00. The van der Waals surface area contributed by atoms with Crippen LogP contribution in [0.2, 0.25) is 0 Å². The van der Waals surface area contributed by atoms with Crippen molar-refractivity contribution in [2.45, 2.75) is 39.7 Å². The number of nitrogens with zero attached hydrogens (tertiary/aromatic N) is 1. The van der Waals surface area contributed by atoms with Gasteiger partial charge in [-0.2, -0.15) is 0 Å². The minimum absolute atomic E-state index is 0.107. The third-order valence-corrected chi connectivity index (χ3v) is 2.92. The molecule has 0 aromatic heterocycles. The van der Waals surface area contributed by atoms with Gasteiger partial charge in [-0.15, -0.1) is 0 Å². The highest BCUT2D eigenvalue weighted by Crippen LogP contribution is 2.18. The van der Waals surface area contributed by atoms with Crippen LogP contribution in [-0.4, -0.2) is 43.3 Å². The summed E-state index contributed by atoms with van der Waals surface area (Å²) in [6, 6.07) is 0. The Hall–Kier alpha value is -0.120. The van der Waals surface area contributed by atoms with Gasteiger partial charge in [0, 0.05) is 26.2 Å². The molecule has 1 atom stereocenters. The van der Waals surface area contributed by atoms with E-state index >= 15 is 0 Å². The Kier molecular flexibility index (Phi) is 5.22. The lowest BCUT2D eigenvalue weighted by atomic mass is 9.98. The van der Waals surface area contributed by atoms with Crippen molar-refractivity contribution in [1.82, 2.24) is 4.90 Å². The van der Waals surface area contributed by atoms with Crippen LogP contribution >= 0.6 is 0 Å². The summed E-state index contributed by atoms with van der Waals surface area (Å²) >= 11 is 0. The number of nitrogens with two attached hydrogens (primary N) is 1. The molecule has 0 aliphatic carbocycles. The molecule has 1 unspecified atom stereocenters. The number of hydrogen-bond donors (Lipinski definition) is 1. The van der Waals surface area contributed by atoms with Crippen molar-refractivity contribution in [3.05, 3.63) is 0 Å². The average Bonchev–Trinajstić information content (AvgIpc) is 2.48. The van der Waals surface area contributed by atoms with Crippen molar-refractivity contribution in [2.24, 2.45) is 17.6 Å². The third kappa shape index (κ3) is 4.81. The van der Waals surface area contributed by atoms with Gasteiger partial charge in [0.2, 0.25) is 0 Å². The quantitative estimate of drug-likeness (QED) is 0.752. The lowest BCUT2D eigenvalue weighted by molar-refractivity contribution is 0.139. The van der Waals surface area contributed by atoms with E-state index in [1.165, 1.54) is 0 Å². The van der Waals surface area contributed by atoms with Crippen molar-refractivity contribution in [1.29, 1.82) is 0 Å². The van der Waals surface area contributed by atoms with E-state index in [1.54, 1.807) is 0 Å². The van der Waals surface area contributed by atoms with Crippen LogP contribution in [0.3, 0.4) is 0 Å². The molecule has 0 spiro atoms. The van der Waals surface area contributed by atoms with E-state index in [0.29, 0.717) is 11.8 Å². The van der Waals surface area contributed by atoms with Gasteiger partial charge in [0.25, 0.3) is 0 Å². The number of hydrogen-bond acceptors (Lipinski definition) is 3. The zero-order valence-electron chi connectivity index (χ0n) is 11.3. The molecule has 0 aromatic rings. The SMILES string of the molecule is CC(C)CN(CC(C)C)CC1(N)CCOC1. The number of rotatable bonds is 6. The van der Waals surface area contributed by atoms with E-state index in [2.05, 4.69) is 32.6 Å². The van der Waals surface area contributed by atoms with Crippen LogP contribution in [0.5, 0.6) is 0 Å². The zero-order chi connectivity index (χ0) is 12.2. The van der Waals surface area contributed by atoms with Gasteiger partial charge < -0.3 is 15.4 Å². The number of ether oxygens (including phenoxy) is 1. The summed E-state index contributed by atoms with van der Waals surface area (Å²) in [4.78, 5) is 2.50. The smallest absolute Gasteiger partial charge is 0.0659 e. The molecule has 1 aliphatic heterocycles. The first kappa shape index (κ1) is 13.9. The van der Waals surface area contributed by atoms with Crippen molar-refractivity contribution in [3.63, 3.8) is 0 Å². The Morgan fingerprint density at radius 1 is 1.19 bits per heavy atom. The lowest BCUT2D eigenvalue weighted by Gasteiger charge is -2.33. The second-order valence-electron chi connectivity index (χ2n) is 6.15. The molecule has 96 valence electrons. The summed E-state index contributed by atoms with van der Waals surface area (Å²) in [6.07, 6.45) is 1.000. The van der Waals surface area contributed by atoms with Gasteiger partial charge in [0.1, 0.15) is 0 Å². The van der Waals surface area contributed by atoms with E-state index in [0.717, 1.165) is 39.3 Å². The largest absolute Gasteiger partial charge is 0.379 e. The Morgan fingerprint density at radius 3 is 2.12 bits per heavy atom. The van der Waals surface area contributed by atoms with Crippen LogP contribution in [0, 0.1) is 11.8 Å². The maximum atomic E-state index is 6.34. The van der Waals surface area contributed by atoms with E-state index in [4.69, 9.17) is 10.5 Å². The molecule has 0 aromatic carbocycles. The van der Waals surface area contributed by atoms with E-state index in [9.17, 15) is 0 Å². The molecule has 3 nitrogen and oxygen atoms in total. The molecule has 16 heavy (non-hydrogen) atoms. The predicted molar refractivity (Wildman–Crippen MR) is 68.5 cm³/mol. The highest BCUT2D eigenvalue weighted by molar-refractivity contribution is 4.91. The fourth-order valence-corrected chi connectivity index (χ4v) is 2.43. The lowest BCUT2D eigenvalue weighted by Crippen LogP contribution is -2.52. The van der Waals surface area contributed by atoms with Crippen molar-refractivity contribution >= 4 is 0 Å². The minimum atomic E-state index is -0.107. The molecule has 1 heterocycles. The summed E-state index contributed by atoms with van der Waals surface area (Å²) in [5.41, 5.74) is 6.24. The summed E-state index contributed by atoms with van der Waals surface area (Å²) in [5.74, 6) is 1.40. The van der Waals surface area contributed by atoms with Gasteiger partial charge in [0.05, 0.1) is 12.1 Å². The van der Waals surface area contributed by atoms with Gasteiger partial charge in [-0.25, -0.2) is 0 Å². The first-order chi connectivity index (χ1) is 7.41. The Bertz CT molecular complexity index is 188. The molecule has 1 fully saturated rings. The molecule has 1 aliphatic rings. The van der Waals surface area contributed by atoms with E-state index in [-0.39, 0.29) is 5.54 Å². The molecule has 1 saturated heterocycles. The summed E-state index contributed by atoms with van der Waals surface area (Å²) in [6.45, 7) is 13.9. The minimum Gasteiger partial charge on any atom is -0.379 e. The zero-order valence-corrected chi connectivity index (χ0v) is 11.3. The van der Waals surface area contributed by atoms with E-state index in [1.807, 2.05) is 0 Å². The van der Waals surface area contributed by atoms with Crippen LogP contribution < -0.4 is 5.73 Å². The summed E-state index contributed by atoms with van der Waals surface area (Å²) < 4.78 is 5.42. The maximum absolute atomic E-state index is 6.34. The molecular weight excluding hydrogens is 200 g/mol. The molecule has 3 heteroatoms. The monoisotopic (exact) mass is 228 g/mol. The average molecular weight is 228 g/mol. The second-order valence-corrected chi connectivity index (χ2v) is 6.15. The topological polar surface area (TPSA) is 38.5 Å². The summed E-state index contributed by atoms with van der Waals surface area (Å²) in [5, 5.41) is 0. The van der Waals surface area contributed by atoms with Gasteiger partial charge in [0.15, 0.2) is 0 Å². The Balaban J connectivity index is 2.48. The van der Waals surface area contributed by atoms with Crippen molar-refractivity contribution in [3.8, 4) is 0 Å². The van der Waals surface area contributed by atoms with Crippen LogP contribution in [0.1, 0.15) is 34.1 Å². The second kappa shape index (κ2) is 5.99. The molecule has 0 radical (unpaired) electrons. The van der Waals surface area contributed by atoms with E-state index < -0.39 is 0 Å². The molecule has 0 saturated carbocycles. The Labute approximate surface area is 100 Å². The summed E-state index contributed by atoms with van der Waals surface area (Å²) in [7, 11) is 0. The van der Waals surface area contributed by atoms with Crippen LogP contribution in [0.15, 0.2) is 0 Å². The van der Waals surface area contributed by atoms with Gasteiger partial charge in [-0.05, 0) is 18.3 Å². The standard InChI is InChI=1S/C13H28N2O/c1-11(2)7-15(8-12(3)4)9-13(14)5-6-16-10-13/h11-12H,5-10,14H2,1-4H3. The molecule has 2 N–H and O–H groups in total. The molecule has 0 amide bonds. The van der Waals surface area contributed by atoms with Crippen LogP contribution in [-0.2, 0) is 4.74 Å². The highest BCUT2D eigenvalue weighted by Gasteiger charge is 2.32. The van der Waals surface area contributed by atoms with Gasteiger partial charge in [-0.1, -0.05) is 27.7 Å². The maximum Gasteiger partial charge on any atom is 0.0659 e. The first-order valence-corrected chi connectivity index (χ1v) is 6.50. The highest BCUT2D eigenvalue weighted by atomic mass is 16.5. The third-order valence-electron chi connectivity index (χ3n) is 2.92. The molecule has 1 rings (SSSR count). The molecular formula is C13H28N2O. The fourth-order valence-electron chi connectivity index (χ4n) is 2.43. The van der Waals surface area contributed by atoms with Crippen LogP contribution in [0.25, 0.3) is 0 Å². The van der Waals surface area contributed by atoms with Gasteiger partial charge >= 0.3 is 0 Å². The Morgan fingerprint density at radius 2 is 1.75 bits per heavy atom. The van der Waals surface area contributed by atoms with Crippen molar-refractivity contribution in [2.75, 3.05) is 32.8 Å². The predicted octanol–water partition coefficient (Wildman–Crippen LogP) is 1.72. The normalized spacial score (nSPS) is 26.2. The van der Waals surface area contributed by atoms with Crippen molar-refractivity contribution < 1.29 is 4.74 Å². The van der Waals surface area contributed by atoms with Crippen LogP contribution in [0.4, 0.5) is 0 Å². The van der Waals surface area contributed by atoms with Gasteiger partial charge in [-0.3, -0.25) is 0 Å².